The van der Waals surface area contributed by atoms with E-state index in [4.69, 9.17) is 9.84 Å². The molecular formula is C11H19NO3. The average Bonchev–Trinajstić information content (AvgIpc) is 2.71. The van der Waals surface area contributed by atoms with Gasteiger partial charge in [0.25, 0.3) is 0 Å². The van der Waals surface area contributed by atoms with E-state index in [0.29, 0.717) is 5.92 Å². The third-order valence-electron chi connectivity index (χ3n) is 3.48. The average molecular weight is 213 g/mol. The van der Waals surface area contributed by atoms with Gasteiger partial charge < -0.3 is 14.7 Å². The number of hydrogen-bond acceptors (Lipinski definition) is 3. The Kier molecular flexibility index (Phi) is 3.59. The van der Waals surface area contributed by atoms with E-state index in [1.54, 1.807) is 0 Å². The molecule has 0 spiro atoms. The molecule has 15 heavy (non-hydrogen) atoms. The fourth-order valence-electron chi connectivity index (χ4n) is 2.45. The van der Waals surface area contributed by atoms with Crippen molar-refractivity contribution in [3.05, 3.63) is 0 Å². The summed E-state index contributed by atoms with van der Waals surface area (Å²) in [5, 5.41) is 8.87. The van der Waals surface area contributed by atoms with E-state index in [0.717, 1.165) is 45.7 Å². The Morgan fingerprint density at radius 1 is 1.33 bits per heavy atom. The summed E-state index contributed by atoms with van der Waals surface area (Å²) in [6, 6.07) is 0. The number of carbonyl (C=O) groups is 1. The number of nitrogens with zero attached hydrogens (tertiary/aromatic N) is 1. The Balaban J connectivity index is 1.71. The molecule has 2 aliphatic rings. The number of rotatable bonds is 3. The summed E-state index contributed by atoms with van der Waals surface area (Å²) < 4.78 is 5.34. The molecule has 2 heterocycles. The van der Waals surface area contributed by atoms with E-state index in [-0.39, 0.29) is 5.92 Å². The highest BCUT2D eigenvalue weighted by molar-refractivity contribution is 5.70. The van der Waals surface area contributed by atoms with Gasteiger partial charge in [-0.15, -0.1) is 0 Å². The zero-order chi connectivity index (χ0) is 10.7. The molecule has 4 heteroatoms. The molecule has 1 unspecified atom stereocenters. The lowest BCUT2D eigenvalue weighted by atomic mass is 9.96. The Morgan fingerprint density at radius 2 is 2.07 bits per heavy atom. The quantitative estimate of drug-likeness (QED) is 0.754. The standard InChI is InChI=1S/C11H19NO3/c13-11(14)10-1-4-12(5-2-10)7-9-3-6-15-8-9/h9-10H,1-8H2,(H,13,14). The minimum atomic E-state index is -0.626. The van der Waals surface area contributed by atoms with Crippen molar-refractivity contribution in [2.24, 2.45) is 11.8 Å². The first-order valence-corrected chi connectivity index (χ1v) is 5.78. The molecule has 2 saturated heterocycles. The maximum absolute atomic E-state index is 10.8. The van der Waals surface area contributed by atoms with Crippen LogP contribution in [0.25, 0.3) is 0 Å². The summed E-state index contributed by atoms with van der Waals surface area (Å²) in [6.45, 7) is 4.75. The lowest BCUT2D eigenvalue weighted by Crippen LogP contribution is -2.39. The van der Waals surface area contributed by atoms with Crippen LogP contribution in [0.1, 0.15) is 19.3 Å². The molecule has 0 saturated carbocycles. The summed E-state index contributed by atoms with van der Waals surface area (Å²) in [5.41, 5.74) is 0. The van der Waals surface area contributed by atoms with Crippen LogP contribution in [-0.2, 0) is 9.53 Å². The van der Waals surface area contributed by atoms with Crippen LogP contribution in [0.3, 0.4) is 0 Å². The van der Waals surface area contributed by atoms with Gasteiger partial charge in [-0.25, -0.2) is 0 Å². The number of ether oxygens (including phenoxy) is 1. The third-order valence-corrected chi connectivity index (χ3v) is 3.48. The van der Waals surface area contributed by atoms with Crippen molar-refractivity contribution < 1.29 is 14.6 Å². The van der Waals surface area contributed by atoms with Crippen LogP contribution in [-0.4, -0.2) is 48.8 Å². The van der Waals surface area contributed by atoms with Gasteiger partial charge in [-0.2, -0.15) is 0 Å². The highest BCUT2D eigenvalue weighted by Crippen LogP contribution is 2.20. The van der Waals surface area contributed by atoms with Crippen molar-refractivity contribution in [3.63, 3.8) is 0 Å². The second-order valence-corrected chi connectivity index (χ2v) is 4.64. The summed E-state index contributed by atoms with van der Waals surface area (Å²) in [6.07, 6.45) is 2.78. The van der Waals surface area contributed by atoms with E-state index >= 15 is 0 Å². The second-order valence-electron chi connectivity index (χ2n) is 4.64. The molecule has 2 aliphatic heterocycles. The van der Waals surface area contributed by atoms with Gasteiger partial charge in [-0.3, -0.25) is 4.79 Å². The summed E-state index contributed by atoms with van der Waals surface area (Å²) >= 11 is 0. The van der Waals surface area contributed by atoms with E-state index < -0.39 is 5.97 Å². The number of likely N-dealkylation sites (tertiary alicyclic amines) is 1. The molecule has 1 atom stereocenters. The van der Waals surface area contributed by atoms with Crippen LogP contribution < -0.4 is 0 Å². The van der Waals surface area contributed by atoms with Gasteiger partial charge >= 0.3 is 5.97 Å². The van der Waals surface area contributed by atoms with Gasteiger partial charge in [0.05, 0.1) is 12.5 Å². The Morgan fingerprint density at radius 3 is 2.60 bits per heavy atom. The molecule has 0 aromatic rings. The highest BCUT2D eigenvalue weighted by Gasteiger charge is 2.26. The predicted molar refractivity (Wildman–Crippen MR) is 55.7 cm³/mol. The number of carboxylic acids is 1. The van der Waals surface area contributed by atoms with Crippen molar-refractivity contribution in [1.29, 1.82) is 0 Å². The Hall–Kier alpha value is -0.610. The van der Waals surface area contributed by atoms with E-state index in [1.807, 2.05) is 0 Å². The van der Waals surface area contributed by atoms with Gasteiger partial charge in [0.1, 0.15) is 0 Å². The van der Waals surface area contributed by atoms with Crippen LogP contribution in [0.15, 0.2) is 0 Å². The zero-order valence-corrected chi connectivity index (χ0v) is 9.02. The highest BCUT2D eigenvalue weighted by atomic mass is 16.5. The van der Waals surface area contributed by atoms with Gasteiger partial charge in [0, 0.05) is 13.2 Å². The van der Waals surface area contributed by atoms with Gasteiger partial charge in [0.2, 0.25) is 0 Å². The van der Waals surface area contributed by atoms with E-state index in [2.05, 4.69) is 4.90 Å². The predicted octanol–water partition coefficient (Wildman–Crippen LogP) is 0.819. The molecule has 2 rings (SSSR count). The molecule has 4 nitrogen and oxygen atoms in total. The Labute approximate surface area is 90.2 Å². The topological polar surface area (TPSA) is 49.8 Å². The SMILES string of the molecule is O=C(O)C1CCN(CC2CCOC2)CC1. The molecule has 0 aliphatic carbocycles. The van der Waals surface area contributed by atoms with Crippen molar-refractivity contribution in [2.75, 3.05) is 32.8 Å². The zero-order valence-electron chi connectivity index (χ0n) is 9.02. The fraction of sp³-hybridized carbons (Fsp3) is 0.909. The molecule has 0 aromatic carbocycles. The molecule has 1 N–H and O–H groups in total. The molecule has 0 aromatic heterocycles. The first-order valence-electron chi connectivity index (χ1n) is 5.78. The smallest absolute Gasteiger partial charge is 0.306 e. The van der Waals surface area contributed by atoms with Crippen LogP contribution in [0.4, 0.5) is 0 Å². The second kappa shape index (κ2) is 4.94. The minimum absolute atomic E-state index is 0.110. The third kappa shape index (κ3) is 2.92. The summed E-state index contributed by atoms with van der Waals surface area (Å²) in [4.78, 5) is 13.2. The van der Waals surface area contributed by atoms with Crippen molar-refractivity contribution in [1.82, 2.24) is 4.90 Å². The van der Waals surface area contributed by atoms with E-state index in [1.165, 1.54) is 6.42 Å². The molecular weight excluding hydrogens is 194 g/mol. The van der Waals surface area contributed by atoms with Crippen molar-refractivity contribution in [2.45, 2.75) is 19.3 Å². The monoisotopic (exact) mass is 213 g/mol. The molecule has 86 valence electrons. The molecule has 2 fully saturated rings. The molecule has 0 bridgehead atoms. The minimum Gasteiger partial charge on any atom is -0.481 e. The van der Waals surface area contributed by atoms with Gasteiger partial charge in [-0.05, 0) is 38.3 Å². The van der Waals surface area contributed by atoms with Crippen LogP contribution in [0, 0.1) is 11.8 Å². The van der Waals surface area contributed by atoms with Crippen molar-refractivity contribution in [3.8, 4) is 0 Å². The molecule has 0 radical (unpaired) electrons. The maximum Gasteiger partial charge on any atom is 0.306 e. The molecule has 0 amide bonds. The van der Waals surface area contributed by atoms with Crippen molar-refractivity contribution >= 4 is 5.97 Å². The largest absolute Gasteiger partial charge is 0.481 e. The Bertz CT molecular complexity index is 218. The first kappa shape index (κ1) is 10.9. The summed E-state index contributed by atoms with van der Waals surface area (Å²) in [7, 11) is 0. The fourth-order valence-corrected chi connectivity index (χ4v) is 2.45. The first-order chi connectivity index (χ1) is 7.25. The lowest BCUT2D eigenvalue weighted by Gasteiger charge is -2.31. The maximum atomic E-state index is 10.8. The lowest BCUT2D eigenvalue weighted by molar-refractivity contribution is -0.143. The normalized spacial score (nSPS) is 29.5. The van der Waals surface area contributed by atoms with Crippen LogP contribution in [0.2, 0.25) is 0 Å². The number of hydrogen-bond donors (Lipinski definition) is 1. The number of aliphatic carboxylic acids is 1. The number of carboxylic acid groups (broad SMARTS) is 1. The van der Waals surface area contributed by atoms with Crippen LogP contribution in [0.5, 0.6) is 0 Å². The summed E-state index contributed by atoms with van der Waals surface area (Å²) in [5.74, 6) is -0.0636. The van der Waals surface area contributed by atoms with Gasteiger partial charge in [0.15, 0.2) is 0 Å². The number of piperidine rings is 1. The van der Waals surface area contributed by atoms with Crippen LogP contribution >= 0.6 is 0 Å². The van der Waals surface area contributed by atoms with Gasteiger partial charge in [-0.1, -0.05) is 0 Å². The van der Waals surface area contributed by atoms with E-state index in [9.17, 15) is 4.79 Å².